The topological polar surface area (TPSA) is 29.3 Å². The van der Waals surface area contributed by atoms with Gasteiger partial charge in [0.1, 0.15) is 0 Å². The quantitative estimate of drug-likeness (QED) is 0.845. The Morgan fingerprint density at radius 3 is 2.48 bits per heavy atom. The van der Waals surface area contributed by atoms with Gasteiger partial charge in [-0.1, -0.05) is 45.4 Å². The van der Waals surface area contributed by atoms with E-state index in [4.69, 9.17) is 5.73 Å². The van der Waals surface area contributed by atoms with E-state index in [2.05, 4.69) is 56.0 Å². The Morgan fingerprint density at radius 2 is 1.86 bits per heavy atom. The van der Waals surface area contributed by atoms with Crippen LogP contribution in [0.4, 0.5) is 5.69 Å². The molecule has 0 bridgehead atoms. The van der Waals surface area contributed by atoms with E-state index in [9.17, 15) is 0 Å². The lowest BCUT2D eigenvalue weighted by Crippen LogP contribution is -2.47. The van der Waals surface area contributed by atoms with Crippen LogP contribution in [0.3, 0.4) is 0 Å². The van der Waals surface area contributed by atoms with Crippen molar-refractivity contribution in [1.82, 2.24) is 0 Å². The predicted molar refractivity (Wildman–Crippen MR) is 92.6 cm³/mol. The van der Waals surface area contributed by atoms with Crippen LogP contribution in [0.5, 0.6) is 0 Å². The van der Waals surface area contributed by atoms with Crippen molar-refractivity contribution < 1.29 is 0 Å². The number of hydrogen-bond donors (Lipinski definition) is 1. The number of rotatable bonds is 6. The number of nitrogens with zero attached hydrogens (tertiary/aromatic N) is 1. The third-order valence-corrected chi connectivity index (χ3v) is 5.06. The van der Waals surface area contributed by atoms with Crippen molar-refractivity contribution in [2.45, 2.75) is 52.5 Å². The van der Waals surface area contributed by atoms with Gasteiger partial charge in [-0.25, -0.2) is 0 Å². The lowest BCUT2D eigenvalue weighted by Gasteiger charge is -2.41. The molecular weight excluding hydrogens is 256 g/mol. The van der Waals surface area contributed by atoms with Crippen LogP contribution in [-0.2, 0) is 0 Å². The molecule has 0 radical (unpaired) electrons. The molecule has 21 heavy (non-hydrogen) atoms. The van der Waals surface area contributed by atoms with Crippen LogP contribution in [0, 0.1) is 17.8 Å². The number of anilines is 1. The van der Waals surface area contributed by atoms with Gasteiger partial charge in [-0.05, 0) is 49.1 Å². The lowest BCUT2D eigenvalue weighted by molar-refractivity contribution is 0.177. The summed E-state index contributed by atoms with van der Waals surface area (Å²) in [6.07, 6.45) is 5.01. The van der Waals surface area contributed by atoms with Crippen LogP contribution >= 0.6 is 0 Å². The van der Waals surface area contributed by atoms with Crippen molar-refractivity contribution in [3.8, 4) is 0 Å². The number of para-hydroxylation sites is 1. The Labute approximate surface area is 130 Å². The summed E-state index contributed by atoms with van der Waals surface area (Å²) < 4.78 is 0. The van der Waals surface area contributed by atoms with E-state index < -0.39 is 0 Å². The van der Waals surface area contributed by atoms with E-state index in [1.54, 1.807) is 0 Å². The molecule has 2 heteroatoms. The first-order valence-corrected chi connectivity index (χ1v) is 8.67. The smallest absolute Gasteiger partial charge is 0.0366 e. The van der Waals surface area contributed by atoms with Crippen LogP contribution in [-0.4, -0.2) is 19.1 Å². The zero-order chi connectivity index (χ0) is 15.2. The Morgan fingerprint density at radius 1 is 1.14 bits per heavy atom. The number of nitrogens with two attached hydrogens (primary N) is 1. The SMILES string of the molecule is CCCCN(CC1C(C)CC(C)CC1N)c1ccccc1. The van der Waals surface area contributed by atoms with Crippen molar-refractivity contribution in [2.75, 3.05) is 18.0 Å². The highest BCUT2D eigenvalue weighted by atomic mass is 15.1. The standard InChI is InChI=1S/C19H32N2/c1-4-5-11-21(17-9-7-6-8-10-17)14-18-16(3)12-15(2)13-19(18)20/h6-10,15-16,18-19H,4-5,11-14,20H2,1-3H3. The minimum atomic E-state index is 0.358. The van der Waals surface area contributed by atoms with Crippen molar-refractivity contribution >= 4 is 5.69 Å². The zero-order valence-corrected chi connectivity index (χ0v) is 14.0. The summed E-state index contributed by atoms with van der Waals surface area (Å²) in [6, 6.07) is 11.2. The first-order chi connectivity index (χ1) is 10.1. The van der Waals surface area contributed by atoms with E-state index >= 15 is 0 Å². The van der Waals surface area contributed by atoms with Crippen LogP contribution in [0.1, 0.15) is 46.5 Å². The van der Waals surface area contributed by atoms with Gasteiger partial charge in [-0.3, -0.25) is 0 Å². The largest absolute Gasteiger partial charge is 0.371 e. The molecule has 1 aliphatic rings. The lowest BCUT2D eigenvalue weighted by atomic mass is 9.72. The fourth-order valence-electron chi connectivity index (χ4n) is 3.85. The van der Waals surface area contributed by atoms with E-state index in [0.29, 0.717) is 12.0 Å². The van der Waals surface area contributed by atoms with Crippen molar-refractivity contribution in [3.05, 3.63) is 30.3 Å². The maximum absolute atomic E-state index is 6.49. The summed E-state index contributed by atoms with van der Waals surface area (Å²) in [5, 5.41) is 0. The molecule has 0 amide bonds. The van der Waals surface area contributed by atoms with Gasteiger partial charge in [0, 0.05) is 24.8 Å². The monoisotopic (exact) mass is 288 g/mol. The average molecular weight is 288 g/mol. The summed E-state index contributed by atoms with van der Waals surface area (Å²) in [7, 11) is 0. The van der Waals surface area contributed by atoms with Gasteiger partial charge in [0.2, 0.25) is 0 Å². The maximum atomic E-state index is 6.49. The number of unbranched alkanes of at least 4 members (excludes halogenated alkanes) is 1. The fourth-order valence-corrected chi connectivity index (χ4v) is 3.85. The fraction of sp³-hybridized carbons (Fsp3) is 0.684. The molecule has 0 spiro atoms. The van der Waals surface area contributed by atoms with Gasteiger partial charge < -0.3 is 10.6 Å². The highest BCUT2D eigenvalue weighted by Crippen LogP contribution is 2.34. The summed E-state index contributed by atoms with van der Waals surface area (Å²) in [4.78, 5) is 2.56. The Balaban J connectivity index is 2.07. The summed E-state index contributed by atoms with van der Waals surface area (Å²) >= 11 is 0. The normalized spacial score (nSPS) is 29.3. The molecule has 1 aromatic rings. The van der Waals surface area contributed by atoms with Gasteiger partial charge >= 0.3 is 0 Å². The molecule has 0 aliphatic heterocycles. The number of benzene rings is 1. The summed E-state index contributed by atoms with van der Waals surface area (Å²) in [6.45, 7) is 9.26. The second-order valence-electron chi connectivity index (χ2n) is 7.02. The molecule has 118 valence electrons. The molecule has 2 nitrogen and oxygen atoms in total. The molecule has 1 fully saturated rings. The van der Waals surface area contributed by atoms with Crippen LogP contribution in [0.15, 0.2) is 30.3 Å². The van der Waals surface area contributed by atoms with Crippen molar-refractivity contribution in [1.29, 1.82) is 0 Å². The predicted octanol–water partition coefficient (Wildman–Crippen LogP) is 4.30. The van der Waals surface area contributed by atoms with E-state index in [-0.39, 0.29) is 0 Å². The van der Waals surface area contributed by atoms with Gasteiger partial charge in [0.05, 0.1) is 0 Å². The number of hydrogen-bond acceptors (Lipinski definition) is 2. The Hall–Kier alpha value is -1.02. The minimum Gasteiger partial charge on any atom is -0.371 e. The first-order valence-electron chi connectivity index (χ1n) is 8.67. The summed E-state index contributed by atoms with van der Waals surface area (Å²) in [5.41, 5.74) is 7.84. The van der Waals surface area contributed by atoms with Gasteiger partial charge in [0.25, 0.3) is 0 Å². The molecule has 2 rings (SSSR count). The van der Waals surface area contributed by atoms with Gasteiger partial charge in [0.15, 0.2) is 0 Å². The minimum absolute atomic E-state index is 0.358. The molecule has 0 aromatic heterocycles. The Bertz CT molecular complexity index is 391. The van der Waals surface area contributed by atoms with Crippen molar-refractivity contribution in [2.24, 2.45) is 23.5 Å². The third kappa shape index (κ3) is 4.47. The Kier molecular flexibility index (Phi) is 6.10. The van der Waals surface area contributed by atoms with Gasteiger partial charge in [-0.15, -0.1) is 0 Å². The van der Waals surface area contributed by atoms with E-state index in [1.807, 2.05) is 0 Å². The zero-order valence-electron chi connectivity index (χ0n) is 14.0. The maximum Gasteiger partial charge on any atom is 0.0366 e. The van der Waals surface area contributed by atoms with Crippen LogP contribution in [0.2, 0.25) is 0 Å². The van der Waals surface area contributed by atoms with Crippen LogP contribution < -0.4 is 10.6 Å². The average Bonchev–Trinajstić information content (AvgIpc) is 2.46. The molecule has 4 unspecified atom stereocenters. The molecule has 0 heterocycles. The molecule has 2 N–H and O–H groups in total. The molecular formula is C19H32N2. The molecule has 4 atom stereocenters. The second-order valence-corrected chi connectivity index (χ2v) is 7.02. The summed E-state index contributed by atoms with van der Waals surface area (Å²) in [5.74, 6) is 2.14. The van der Waals surface area contributed by atoms with Crippen LogP contribution in [0.25, 0.3) is 0 Å². The first kappa shape index (κ1) is 16.4. The molecule has 1 aromatic carbocycles. The molecule has 1 saturated carbocycles. The third-order valence-electron chi connectivity index (χ3n) is 5.06. The highest BCUT2D eigenvalue weighted by Gasteiger charge is 2.32. The second kappa shape index (κ2) is 7.84. The highest BCUT2D eigenvalue weighted by molar-refractivity contribution is 5.46. The van der Waals surface area contributed by atoms with Gasteiger partial charge in [-0.2, -0.15) is 0 Å². The van der Waals surface area contributed by atoms with E-state index in [0.717, 1.165) is 24.9 Å². The molecule has 1 aliphatic carbocycles. The van der Waals surface area contributed by atoms with Crippen molar-refractivity contribution in [3.63, 3.8) is 0 Å². The molecule has 0 saturated heterocycles. The van der Waals surface area contributed by atoms with E-state index in [1.165, 1.54) is 31.4 Å².